The molecule has 0 heterocycles. The first kappa shape index (κ1) is 30.5. The minimum Gasteiger partial charge on any atom is -0.497 e. The summed E-state index contributed by atoms with van der Waals surface area (Å²) in [6.45, 7) is -0.594. The number of amides is 1. The van der Waals surface area contributed by atoms with Crippen molar-refractivity contribution < 1.29 is 26.4 Å². The largest absolute Gasteiger partial charge is 0.497 e. The Labute approximate surface area is 252 Å². The lowest BCUT2D eigenvalue weighted by atomic mass is 10.3. The second kappa shape index (κ2) is 12.6. The van der Waals surface area contributed by atoms with Crippen molar-refractivity contribution in [3.05, 3.63) is 106 Å². The Hall–Kier alpha value is -3.48. The van der Waals surface area contributed by atoms with E-state index in [1.54, 1.807) is 18.2 Å². The highest BCUT2D eigenvalue weighted by Crippen LogP contribution is 2.31. The van der Waals surface area contributed by atoms with E-state index in [9.17, 15) is 21.6 Å². The second-order valence-electron chi connectivity index (χ2n) is 8.45. The number of carbonyl (C=O) groups excluding carboxylic acids is 1. The average molecular weight is 655 g/mol. The van der Waals surface area contributed by atoms with Crippen molar-refractivity contribution in [2.75, 3.05) is 28.0 Å². The van der Waals surface area contributed by atoms with E-state index in [1.165, 1.54) is 79.9 Å². The highest BCUT2D eigenvalue weighted by molar-refractivity contribution is 7.93. The van der Waals surface area contributed by atoms with Crippen LogP contribution in [0.1, 0.15) is 0 Å². The molecule has 41 heavy (non-hydrogen) atoms. The minimum absolute atomic E-state index is 0.0514. The molecule has 0 unspecified atom stereocenters. The summed E-state index contributed by atoms with van der Waals surface area (Å²) in [6.07, 6.45) is 0. The van der Waals surface area contributed by atoms with Crippen LogP contribution in [-0.4, -0.2) is 36.4 Å². The molecule has 0 aliphatic heterocycles. The monoisotopic (exact) mass is 653 g/mol. The maximum atomic E-state index is 13.6. The topological polar surface area (TPSA) is 122 Å². The summed E-state index contributed by atoms with van der Waals surface area (Å²) in [5.41, 5.74) is 0.522. The summed E-state index contributed by atoms with van der Waals surface area (Å²) in [4.78, 5) is 12.9. The van der Waals surface area contributed by atoms with Crippen LogP contribution in [0, 0.1) is 0 Å². The molecule has 0 bridgehead atoms. The summed E-state index contributed by atoms with van der Waals surface area (Å²) in [5.74, 6) is -0.214. The predicted molar refractivity (Wildman–Crippen MR) is 161 cm³/mol. The zero-order valence-electron chi connectivity index (χ0n) is 21.2. The van der Waals surface area contributed by atoms with Crippen molar-refractivity contribution in [2.45, 2.75) is 9.79 Å². The number of carbonyl (C=O) groups is 1. The number of anilines is 3. The van der Waals surface area contributed by atoms with Crippen LogP contribution in [0.25, 0.3) is 0 Å². The Morgan fingerprint density at radius 2 is 1.46 bits per heavy atom. The van der Waals surface area contributed by atoms with E-state index in [1.807, 2.05) is 0 Å². The third-order valence-electron chi connectivity index (χ3n) is 5.68. The molecule has 14 heteroatoms. The maximum absolute atomic E-state index is 13.6. The molecule has 0 aliphatic rings. The molecule has 0 atom stereocenters. The standard InChI is InChI=1S/C27H22Cl3N3O6S2/c1-39-21-10-14-23(15-11-21)41(37,38)33(20-5-2-4-18(28)16-20)17-26(34)31-19-8-12-22(13-9-19)40(35,36)32-25-7-3-6-24(29)27(25)30/h2-16,32H,17H2,1H3,(H,31,34). The van der Waals surface area contributed by atoms with Gasteiger partial charge in [-0.1, -0.05) is 46.9 Å². The van der Waals surface area contributed by atoms with Crippen molar-refractivity contribution in [3.63, 3.8) is 0 Å². The Morgan fingerprint density at radius 1 is 0.829 bits per heavy atom. The van der Waals surface area contributed by atoms with Crippen LogP contribution in [-0.2, 0) is 24.8 Å². The van der Waals surface area contributed by atoms with Crippen LogP contribution >= 0.6 is 34.8 Å². The number of rotatable bonds is 10. The van der Waals surface area contributed by atoms with Crippen molar-refractivity contribution in [3.8, 4) is 5.75 Å². The van der Waals surface area contributed by atoms with Gasteiger partial charge in [-0.05, 0) is 78.9 Å². The minimum atomic E-state index is -4.20. The molecule has 0 saturated carbocycles. The van der Waals surface area contributed by atoms with Gasteiger partial charge < -0.3 is 10.1 Å². The average Bonchev–Trinajstić information content (AvgIpc) is 2.94. The Balaban J connectivity index is 1.54. The predicted octanol–water partition coefficient (Wildman–Crippen LogP) is 6.29. The van der Waals surface area contributed by atoms with Gasteiger partial charge in [0, 0.05) is 10.7 Å². The highest BCUT2D eigenvalue weighted by atomic mass is 35.5. The van der Waals surface area contributed by atoms with E-state index in [0.717, 1.165) is 4.31 Å². The molecular formula is C27H22Cl3N3O6S2. The molecule has 4 aromatic rings. The fourth-order valence-electron chi connectivity index (χ4n) is 3.66. The summed E-state index contributed by atoms with van der Waals surface area (Å²) >= 11 is 18.1. The first-order valence-corrected chi connectivity index (χ1v) is 15.8. The smallest absolute Gasteiger partial charge is 0.264 e. The second-order valence-corrected chi connectivity index (χ2v) is 13.2. The van der Waals surface area contributed by atoms with Gasteiger partial charge in [0.25, 0.3) is 20.0 Å². The van der Waals surface area contributed by atoms with E-state index in [-0.39, 0.29) is 41.9 Å². The van der Waals surface area contributed by atoms with Gasteiger partial charge >= 0.3 is 0 Å². The first-order chi connectivity index (χ1) is 19.4. The number of hydrogen-bond acceptors (Lipinski definition) is 6. The Bertz CT molecular complexity index is 1780. The molecule has 9 nitrogen and oxygen atoms in total. The SMILES string of the molecule is COc1ccc(S(=O)(=O)N(CC(=O)Nc2ccc(S(=O)(=O)Nc3cccc(Cl)c3Cl)cc2)c2cccc(Cl)c2)cc1. The van der Waals surface area contributed by atoms with E-state index < -0.39 is 32.5 Å². The molecule has 4 aromatic carbocycles. The number of nitrogens with zero attached hydrogens (tertiary/aromatic N) is 1. The van der Waals surface area contributed by atoms with Gasteiger partial charge in [0.1, 0.15) is 12.3 Å². The van der Waals surface area contributed by atoms with Crippen molar-refractivity contribution >= 4 is 77.8 Å². The zero-order chi connectivity index (χ0) is 29.8. The summed E-state index contributed by atoms with van der Waals surface area (Å²) in [7, 11) is -6.76. The van der Waals surface area contributed by atoms with Crippen molar-refractivity contribution in [1.29, 1.82) is 0 Å². The molecule has 1 amide bonds. The molecule has 2 N–H and O–H groups in total. The molecule has 4 rings (SSSR count). The van der Waals surface area contributed by atoms with E-state index >= 15 is 0 Å². The lowest BCUT2D eigenvalue weighted by molar-refractivity contribution is -0.114. The quantitative estimate of drug-likeness (QED) is 0.207. The molecule has 0 radical (unpaired) electrons. The third kappa shape index (κ3) is 7.24. The lowest BCUT2D eigenvalue weighted by Crippen LogP contribution is -2.38. The van der Waals surface area contributed by atoms with E-state index in [2.05, 4.69) is 10.0 Å². The molecular weight excluding hydrogens is 633 g/mol. The number of ether oxygens (including phenoxy) is 1. The van der Waals surface area contributed by atoms with E-state index in [0.29, 0.717) is 5.75 Å². The maximum Gasteiger partial charge on any atom is 0.264 e. The van der Waals surface area contributed by atoms with Gasteiger partial charge in [0.15, 0.2) is 0 Å². The van der Waals surface area contributed by atoms with Crippen molar-refractivity contribution in [1.82, 2.24) is 0 Å². The van der Waals surface area contributed by atoms with Gasteiger partial charge in [-0.2, -0.15) is 0 Å². The molecule has 214 valence electrons. The summed E-state index contributed by atoms with van der Waals surface area (Å²) < 4.78 is 61.1. The van der Waals surface area contributed by atoms with Gasteiger partial charge in [0.2, 0.25) is 5.91 Å². The molecule has 0 aliphatic carbocycles. The number of benzene rings is 4. The molecule has 0 fully saturated rings. The van der Waals surface area contributed by atoms with Crippen molar-refractivity contribution in [2.24, 2.45) is 0 Å². The third-order valence-corrected chi connectivity index (χ3v) is 9.90. The number of nitrogens with one attached hydrogen (secondary N) is 2. The normalized spacial score (nSPS) is 11.5. The van der Waals surface area contributed by atoms with Crippen LogP contribution in [0.15, 0.2) is 101 Å². The molecule has 0 spiro atoms. The highest BCUT2D eigenvalue weighted by Gasteiger charge is 2.28. The van der Waals surface area contributed by atoms with Crippen LogP contribution in [0.4, 0.5) is 17.1 Å². The summed E-state index contributed by atoms with van der Waals surface area (Å²) in [6, 6.07) is 21.6. The van der Waals surface area contributed by atoms with Crippen LogP contribution in [0.5, 0.6) is 5.75 Å². The van der Waals surface area contributed by atoms with E-state index in [4.69, 9.17) is 39.5 Å². The summed E-state index contributed by atoms with van der Waals surface area (Å²) in [5, 5.41) is 3.11. The molecule has 0 saturated heterocycles. The number of methoxy groups -OCH3 is 1. The lowest BCUT2D eigenvalue weighted by Gasteiger charge is -2.24. The molecule has 0 aromatic heterocycles. The fourth-order valence-corrected chi connectivity index (χ4v) is 6.73. The number of hydrogen-bond donors (Lipinski definition) is 2. The van der Waals surface area contributed by atoms with Gasteiger partial charge in [-0.3, -0.25) is 13.8 Å². The Kier molecular flexibility index (Phi) is 9.35. The van der Waals surface area contributed by atoms with Crippen LogP contribution in [0.3, 0.4) is 0 Å². The number of sulfonamides is 2. The van der Waals surface area contributed by atoms with Gasteiger partial charge in [-0.15, -0.1) is 0 Å². The first-order valence-electron chi connectivity index (χ1n) is 11.7. The number of halogens is 3. The van der Waals surface area contributed by atoms with Crippen LogP contribution < -0.4 is 19.1 Å². The Morgan fingerprint density at radius 3 is 2.10 bits per heavy atom. The zero-order valence-corrected chi connectivity index (χ0v) is 25.1. The van der Waals surface area contributed by atoms with Gasteiger partial charge in [0.05, 0.1) is 38.3 Å². The van der Waals surface area contributed by atoms with Gasteiger partial charge in [-0.25, -0.2) is 16.8 Å². The fraction of sp³-hybridized carbons (Fsp3) is 0.0741. The van der Waals surface area contributed by atoms with Crippen LogP contribution in [0.2, 0.25) is 15.1 Å².